The van der Waals surface area contributed by atoms with Crippen molar-refractivity contribution in [3.8, 4) is 0 Å². The third-order valence-electron chi connectivity index (χ3n) is 2.75. The second-order valence-electron chi connectivity index (χ2n) is 3.71. The summed E-state index contributed by atoms with van der Waals surface area (Å²) in [6.07, 6.45) is 2.00. The maximum absolute atomic E-state index is 7.83. The number of aromatic nitrogens is 1. The molecular weight excluding hydrogens is 206 g/mol. The third-order valence-corrected chi connectivity index (χ3v) is 3.54. The van der Waals surface area contributed by atoms with Crippen LogP contribution in [-0.4, -0.2) is 17.4 Å². The van der Waals surface area contributed by atoms with Gasteiger partial charge in [-0.3, -0.25) is 5.41 Å². The average molecular weight is 217 g/mol. The lowest BCUT2D eigenvalue weighted by Gasteiger charge is -2.17. The summed E-state index contributed by atoms with van der Waals surface area (Å²) in [5.41, 5.74) is 4.05. The maximum atomic E-state index is 7.83. The normalized spacial score (nSPS) is 16.5. The Morgan fingerprint density at radius 3 is 3.13 bits per heavy atom. The number of rotatable bonds is 1. The molecule has 0 radical (unpaired) electrons. The zero-order valence-corrected chi connectivity index (χ0v) is 9.05. The Morgan fingerprint density at radius 1 is 1.40 bits per heavy atom. The van der Waals surface area contributed by atoms with E-state index in [2.05, 4.69) is 22.0 Å². The molecule has 2 aromatic rings. The lowest BCUT2D eigenvalue weighted by Crippen LogP contribution is -2.22. The van der Waals surface area contributed by atoms with Crippen LogP contribution in [0.4, 0.5) is 5.69 Å². The van der Waals surface area contributed by atoms with Gasteiger partial charge >= 0.3 is 0 Å². The Bertz CT molecular complexity index is 517. The molecule has 0 saturated carbocycles. The monoisotopic (exact) mass is 217 g/mol. The second kappa shape index (κ2) is 3.31. The summed E-state index contributed by atoms with van der Waals surface area (Å²) in [6.45, 7) is 0.975. The Balaban J connectivity index is 2.06. The van der Waals surface area contributed by atoms with E-state index in [1.165, 1.54) is 4.70 Å². The lowest BCUT2D eigenvalue weighted by molar-refractivity contribution is 0.957. The minimum atomic E-state index is 0.735. The molecule has 1 aliphatic rings. The minimum Gasteiger partial charge on any atom is -0.330 e. The van der Waals surface area contributed by atoms with Gasteiger partial charge in [0.25, 0.3) is 0 Å². The van der Waals surface area contributed by atoms with Crippen LogP contribution >= 0.6 is 11.3 Å². The summed E-state index contributed by atoms with van der Waals surface area (Å²) in [7, 11) is 0. The van der Waals surface area contributed by atoms with E-state index in [1.807, 2.05) is 11.6 Å². The molecule has 2 heterocycles. The highest BCUT2D eigenvalue weighted by Gasteiger charge is 2.18. The van der Waals surface area contributed by atoms with E-state index < -0.39 is 0 Å². The summed E-state index contributed by atoms with van der Waals surface area (Å²) in [5.74, 6) is 0.735. The van der Waals surface area contributed by atoms with Gasteiger partial charge in [0, 0.05) is 18.7 Å². The molecule has 1 aromatic carbocycles. The van der Waals surface area contributed by atoms with Crippen LogP contribution in [0.2, 0.25) is 0 Å². The Hall–Kier alpha value is -1.42. The zero-order chi connectivity index (χ0) is 10.3. The van der Waals surface area contributed by atoms with Crippen LogP contribution in [0.25, 0.3) is 10.2 Å². The number of nitrogens with one attached hydrogen (secondary N) is 1. The Kier molecular flexibility index (Phi) is 1.95. The van der Waals surface area contributed by atoms with E-state index in [0.29, 0.717) is 0 Å². The second-order valence-corrected chi connectivity index (χ2v) is 4.59. The molecule has 1 aliphatic heterocycles. The van der Waals surface area contributed by atoms with Gasteiger partial charge < -0.3 is 4.90 Å². The van der Waals surface area contributed by atoms with Gasteiger partial charge in [-0.15, -0.1) is 11.3 Å². The fourth-order valence-electron chi connectivity index (χ4n) is 1.97. The summed E-state index contributed by atoms with van der Waals surface area (Å²) < 4.78 is 1.20. The first-order valence-electron chi connectivity index (χ1n) is 5.03. The summed E-state index contributed by atoms with van der Waals surface area (Å²) in [5, 5.41) is 7.83. The lowest BCUT2D eigenvalue weighted by atomic mass is 10.3. The van der Waals surface area contributed by atoms with Gasteiger partial charge in [-0.05, 0) is 24.6 Å². The van der Waals surface area contributed by atoms with Gasteiger partial charge in [-0.25, -0.2) is 4.98 Å². The van der Waals surface area contributed by atoms with E-state index in [0.717, 1.165) is 36.4 Å². The first-order chi connectivity index (χ1) is 7.34. The minimum absolute atomic E-state index is 0.735. The van der Waals surface area contributed by atoms with Crippen molar-refractivity contribution in [3.63, 3.8) is 0 Å². The summed E-state index contributed by atoms with van der Waals surface area (Å²) in [4.78, 5) is 6.33. The number of benzene rings is 1. The number of anilines is 1. The first-order valence-corrected chi connectivity index (χ1v) is 5.91. The smallest absolute Gasteiger partial charge is 0.100 e. The Labute approximate surface area is 91.9 Å². The maximum Gasteiger partial charge on any atom is 0.100 e. The molecule has 0 amide bonds. The third kappa shape index (κ3) is 1.41. The van der Waals surface area contributed by atoms with E-state index in [4.69, 9.17) is 5.41 Å². The number of thiazole rings is 1. The zero-order valence-electron chi connectivity index (χ0n) is 8.23. The highest BCUT2D eigenvalue weighted by molar-refractivity contribution is 7.16. The molecule has 76 valence electrons. The topological polar surface area (TPSA) is 40.0 Å². The van der Waals surface area contributed by atoms with E-state index in [1.54, 1.807) is 11.3 Å². The number of hydrogen-bond donors (Lipinski definition) is 1. The van der Waals surface area contributed by atoms with Crippen LogP contribution in [0.1, 0.15) is 12.8 Å². The molecule has 0 aliphatic carbocycles. The van der Waals surface area contributed by atoms with E-state index in [9.17, 15) is 0 Å². The number of fused-ring (bicyclic) bond motifs is 1. The molecule has 3 nitrogen and oxygen atoms in total. The number of amidine groups is 1. The molecule has 0 atom stereocenters. The molecule has 1 N–H and O–H groups in total. The van der Waals surface area contributed by atoms with E-state index in [-0.39, 0.29) is 0 Å². The largest absolute Gasteiger partial charge is 0.330 e. The van der Waals surface area contributed by atoms with Gasteiger partial charge in [0.1, 0.15) is 5.84 Å². The molecule has 4 heteroatoms. The van der Waals surface area contributed by atoms with Crippen molar-refractivity contribution in [1.82, 2.24) is 4.98 Å². The van der Waals surface area contributed by atoms with Crippen LogP contribution in [0.15, 0.2) is 23.7 Å². The number of hydrogen-bond acceptors (Lipinski definition) is 3. The van der Waals surface area contributed by atoms with Crippen LogP contribution in [0.5, 0.6) is 0 Å². The SMILES string of the molecule is N=C1CCCN1c1ccc2ncsc2c1. The van der Waals surface area contributed by atoms with Gasteiger partial charge in [0.15, 0.2) is 0 Å². The molecule has 0 spiro atoms. The van der Waals surface area contributed by atoms with Crippen molar-refractivity contribution in [2.24, 2.45) is 0 Å². The van der Waals surface area contributed by atoms with Gasteiger partial charge in [-0.2, -0.15) is 0 Å². The predicted octanol–water partition coefficient (Wildman–Crippen LogP) is 2.87. The fourth-order valence-corrected chi connectivity index (χ4v) is 2.68. The molecule has 0 unspecified atom stereocenters. The van der Waals surface area contributed by atoms with Crippen molar-refractivity contribution in [2.45, 2.75) is 12.8 Å². The van der Waals surface area contributed by atoms with Crippen LogP contribution < -0.4 is 4.90 Å². The summed E-state index contributed by atoms with van der Waals surface area (Å²) >= 11 is 1.65. The highest BCUT2D eigenvalue weighted by Crippen LogP contribution is 2.27. The van der Waals surface area contributed by atoms with Crippen LogP contribution in [0, 0.1) is 5.41 Å². The standard InChI is InChI=1S/C11H11N3S/c12-11-2-1-5-14(11)8-3-4-9-10(6-8)15-7-13-9/h3-4,6-7,12H,1-2,5H2. The van der Waals surface area contributed by atoms with Crippen LogP contribution in [-0.2, 0) is 0 Å². The molecular formula is C11H11N3S. The molecule has 0 bridgehead atoms. The average Bonchev–Trinajstić information content (AvgIpc) is 2.84. The molecule has 1 saturated heterocycles. The Morgan fingerprint density at radius 2 is 2.33 bits per heavy atom. The first kappa shape index (κ1) is 8.85. The fraction of sp³-hybridized carbons (Fsp3) is 0.273. The highest BCUT2D eigenvalue weighted by atomic mass is 32.1. The predicted molar refractivity (Wildman–Crippen MR) is 63.9 cm³/mol. The van der Waals surface area contributed by atoms with Crippen molar-refractivity contribution < 1.29 is 0 Å². The molecule has 1 aromatic heterocycles. The van der Waals surface area contributed by atoms with Gasteiger partial charge in [-0.1, -0.05) is 0 Å². The number of nitrogens with zero attached hydrogens (tertiary/aromatic N) is 2. The van der Waals surface area contributed by atoms with Crippen LogP contribution in [0.3, 0.4) is 0 Å². The van der Waals surface area contributed by atoms with Crippen molar-refractivity contribution >= 4 is 33.1 Å². The van der Waals surface area contributed by atoms with Crippen molar-refractivity contribution in [1.29, 1.82) is 5.41 Å². The van der Waals surface area contributed by atoms with Crippen molar-refractivity contribution in [2.75, 3.05) is 11.4 Å². The van der Waals surface area contributed by atoms with Gasteiger partial charge in [0.05, 0.1) is 15.7 Å². The van der Waals surface area contributed by atoms with E-state index >= 15 is 0 Å². The molecule has 15 heavy (non-hydrogen) atoms. The molecule has 1 fully saturated rings. The van der Waals surface area contributed by atoms with Gasteiger partial charge in [0.2, 0.25) is 0 Å². The quantitative estimate of drug-likeness (QED) is 0.797. The molecule has 3 rings (SSSR count). The summed E-state index contributed by atoms with van der Waals surface area (Å²) in [6, 6.07) is 6.22. The van der Waals surface area contributed by atoms with Crippen molar-refractivity contribution in [3.05, 3.63) is 23.7 Å².